The summed E-state index contributed by atoms with van der Waals surface area (Å²) in [6.07, 6.45) is 6.45. The molecule has 1 aliphatic carbocycles. The van der Waals surface area contributed by atoms with Crippen LogP contribution in [-0.4, -0.2) is 23.2 Å². The van der Waals surface area contributed by atoms with E-state index in [0.29, 0.717) is 0 Å². The summed E-state index contributed by atoms with van der Waals surface area (Å²) in [4.78, 5) is 0. The summed E-state index contributed by atoms with van der Waals surface area (Å²) in [7, 11) is -3.55. The van der Waals surface area contributed by atoms with Crippen LogP contribution in [0.1, 0.15) is 79.2 Å². The molecule has 0 atom stereocenters. The maximum atomic E-state index is 6.76. The van der Waals surface area contributed by atoms with Crippen LogP contribution < -0.4 is 4.43 Å². The van der Waals surface area contributed by atoms with Gasteiger partial charge in [-0.25, -0.2) is 0 Å². The Morgan fingerprint density at radius 2 is 1.24 bits per heavy atom. The van der Waals surface area contributed by atoms with Crippen molar-refractivity contribution in [2.24, 2.45) is 0 Å². The van der Waals surface area contributed by atoms with Crippen molar-refractivity contribution in [1.82, 2.24) is 0 Å². The second-order valence-corrected chi connectivity index (χ2v) is 21.8. The Morgan fingerprint density at radius 3 is 1.69 bits per heavy atom. The lowest BCUT2D eigenvalue weighted by atomic mass is 9.70. The van der Waals surface area contributed by atoms with Crippen molar-refractivity contribution < 1.29 is 8.85 Å². The molecule has 0 heterocycles. The molecule has 1 aromatic carbocycles. The third-order valence-corrected chi connectivity index (χ3v) is 16.8. The Labute approximate surface area is 183 Å². The topological polar surface area (TPSA) is 18.5 Å². The zero-order valence-electron chi connectivity index (χ0n) is 20.9. The van der Waals surface area contributed by atoms with E-state index >= 15 is 0 Å². The molecular formula is C25H46O2Si2. The molecule has 0 aliphatic heterocycles. The van der Waals surface area contributed by atoms with E-state index in [1.165, 1.54) is 37.7 Å². The van der Waals surface area contributed by atoms with Crippen LogP contribution in [0.15, 0.2) is 24.3 Å². The maximum absolute atomic E-state index is 6.76. The predicted molar refractivity (Wildman–Crippen MR) is 132 cm³/mol. The molecule has 29 heavy (non-hydrogen) atoms. The second-order valence-electron chi connectivity index (χ2n) is 12.3. The fraction of sp³-hybridized carbons (Fsp3) is 0.760. The highest BCUT2D eigenvalue weighted by molar-refractivity contribution is 6.75. The molecular weight excluding hydrogens is 388 g/mol. The highest BCUT2D eigenvalue weighted by Crippen LogP contribution is 2.44. The van der Waals surface area contributed by atoms with Crippen LogP contribution in [0.5, 0.6) is 5.75 Å². The zero-order valence-corrected chi connectivity index (χ0v) is 22.9. The minimum Gasteiger partial charge on any atom is -0.544 e. The molecule has 1 saturated carbocycles. The first-order valence-electron chi connectivity index (χ1n) is 11.5. The van der Waals surface area contributed by atoms with Gasteiger partial charge in [-0.1, -0.05) is 72.9 Å². The molecule has 0 spiro atoms. The molecule has 2 nitrogen and oxygen atoms in total. The van der Waals surface area contributed by atoms with E-state index in [0.717, 1.165) is 12.4 Å². The van der Waals surface area contributed by atoms with E-state index in [1.807, 2.05) is 0 Å². The minimum absolute atomic E-state index is 0.170. The summed E-state index contributed by atoms with van der Waals surface area (Å²) in [6.45, 7) is 24.1. The van der Waals surface area contributed by atoms with Gasteiger partial charge in [0.15, 0.2) is 8.32 Å². The molecule has 4 heteroatoms. The third kappa shape index (κ3) is 5.77. The monoisotopic (exact) mass is 434 g/mol. The molecule has 0 radical (unpaired) electrons. The Hall–Kier alpha value is -0.586. The number of benzene rings is 1. The average molecular weight is 435 g/mol. The summed E-state index contributed by atoms with van der Waals surface area (Å²) in [5, 5.41) is 0.469. The Morgan fingerprint density at radius 1 is 0.759 bits per heavy atom. The zero-order chi connectivity index (χ0) is 22.1. The van der Waals surface area contributed by atoms with Gasteiger partial charge < -0.3 is 8.85 Å². The molecule has 0 unspecified atom stereocenters. The second kappa shape index (κ2) is 8.51. The van der Waals surface area contributed by atoms with Crippen LogP contribution in [0.2, 0.25) is 36.3 Å². The van der Waals surface area contributed by atoms with E-state index in [1.54, 1.807) is 0 Å². The molecule has 0 bridgehead atoms. The van der Waals surface area contributed by atoms with Gasteiger partial charge >= 0.3 is 0 Å². The van der Waals surface area contributed by atoms with Crippen LogP contribution in [0.4, 0.5) is 0 Å². The van der Waals surface area contributed by atoms with Crippen LogP contribution in [0, 0.1) is 0 Å². The SMILES string of the molecule is CC(C)(C)[Si](C)(C)OCC1(c2ccc(O[Si](C)(C)C(C)(C)C)cc2)CCCCC1. The highest BCUT2D eigenvalue weighted by atomic mass is 28.4. The molecule has 1 aromatic rings. The van der Waals surface area contributed by atoms with Crippen LogP contribution >= 0.6 is 0 Å². The summed E-state index contributed by atoms with van der Waals surface area (Å²) in [5.41, 5.74) is 1.61. The molecule has 0 amide bonds. The first-order chi connectivity index (χ1) is 13.1. The van der Waals surface area contributed by atoms with Crippen molar-refractivity contribution in [1.29, 1.82) is 0 Å². The Balaban J connectivity index is 2.23. The normalized spacial score (nSPS) is 18.6. The standard InChI is InChI=1S/C25H46O2Si2/c1-23(2,3)28(7,8)26-20-25(18-12-11-13-19-25)21-14-16-22(17-15-21)27-29(9,10)24(4,5)6/h14-17H,11-13,18-20H2,1-10H3. The summed E-state index contributed by atoms with van der Waals surface area (Å²) in [5.74, 6) is 1.02. The average Bonchev–Trinajstić information content (AvgIpc) is 2.59. The van der Waals surface area contributed by atoms with Gasteiger partial charge in [0.1, 0.15) is 5.75 Å². The number of hydrogen-bond acceptors (Lipinski definition) is 2. The smallest absolute Gasteiger partial charge is 0.250 e. The predicted octanol–water partition coefficient (Wildman–Crippen LogP) is 8.29. The van der Waals surface area contributed by atoms with Gasteiger partial charge in [-0.15, -0.1) is 0 Å². The van der Waals surface area contributed by atoms with Crippen LogP contribution in [0.25, 0.3) is 0 Å². The molecule has 166 valence electrons. The Kier molecular flexibility index (Phi) is 7.24. The van der Waals surface area contributed by atoms with Crippen molar-refractivity contribution in [2.75, 3.05) is 6.61 Å². The van der Waals surface area contributed by atoms with Crippen molar-refractivity contribution in [3.63, 3.8) is 0 Å². The number of hydrogen-bond donors (Lipinski definition) is 0. The highest BCUT2D eigenvalue weighted by Gasteiger charge is 2.42. The van der Waals surface area contributed by atoms with Crippen molar-refractivity contribution in [3.8, 4) is 5.75 Å². The summed E-state index contributed by atoms with van der Waals surface area (Å²) < 4.78 is 13.3. The van der Waals surface area contributed by atoms with E-state index < -0.39 is 16.6 Å². The van der Waals surface area contributed by atoms with E-state index in [2.05, 4.69) is 92.0 Å². The van der Waals surface area contributed by atoms with E-state index in [-0.39, 0.29) is 15.5 Å². The lowest BCUT2D eigenvalue weighted by Gasteiger charge is -2.43. The van der Waals surface area contributed by atoms with Gasteiger partial charge in [0.05, 0.1) is 0 Å². The number of rotatable bonds is 6. The first kappa shape index (κ1) is 24.7. The quantitative estimate of drug-likeness (QED) is 0.419. The first-order valence-corrected chi connectivity index (χ1v) is 17.3. The molecule has 0 N–H and O–H groups in total. The fourth-order valence-corrected chi connectivity index (χ4v) is 5.71. The molecule has 0 saturated heterocycles. The van der Waals surface area contributed by atoms with E-state index in [9.17, 15) is 0 Å². The largest absolute Gasteiger partial charge is 0.544 e. The molecule has 1 aliphatic rings. The van der Waals surface area contributed by atoms with Gasteiger partial charge in [-0.2, -0.15) is 0 Å². The van der Waals surface area contributed by atoms with Gasteiger partial charge in [0, 0.05) is 12.0 Å². The molecule has 1 fully saturated rings. The van der Waals surface area contributed by atoms with Crippen LogP contribution in [-0.2, 0) is 9.84 Å². The third-order valence-electron chi connectivity index (χ3n) is 7.97. The molecule has 0 aromatic heterocycles. The lowest BCUT2D eigenvalue weighted by molar-refractivity contribution is 0.156. The van der Waals surface area contributed by atoms with Crippen molar-refractivity contribution >= 4 is 16.6 Å². The lowest BCUT2D eigenvalue weighted by Crippen LogP contribution is -2.46. The maximum Gasteiger partial charge on any atom is 0.250 e. The van der Waals surface area contributed by atoms with Gasteiger partial charge in [-0.05, 0) is 66.8 Å². The minimum atomic E-state index is -1.80. The van der Waals surface area contributed by atoms with Gasteiger partial charge in [-0.3, -0.25) is 0 Å². The van der Waals surface area contributed by atoms with Crippen LogP contribution in [0.3, 0.4) is 0 Å². The summed E-state index contributed by atoms with van der Waals surface area (Å²) >= 11 is 0. The summed E-state index contributed by atoms with van der Waals surface area (Å²) in [6, 6.07) is 9.06. The van der Waals surface area contributed by atoms with Crippen molar-refractivity contribution in [2.45, 2.75) is 115 Å². The van der Waals surface area contributed by atoms with E-state index in [4.69, 9.17) is 8.85 Å². The Bertz CT molecular complexity index is 658. The van der Waals surface area contributed by atoms with Crippen molar-refractivity contribution in [3.05, 3.63) is 29.8 Å². The molecule has 2 rings (SSSR count). The van der Waals surface area contributed by atoms with Gasteiger partial charge in [0.2, 0.25) is 8.32 Å². The van der Waals surface area contributed by atoms with Gasteiger partial charge in [0.25, 0.3) is 0 Å². The fourth-order valence-electron chi connectivity index (χ4n) is 3.60.